The largest absolute Gasteiger partial charge is 0.337 e. The summed E-state index contributed by atoms with van der Waals surface area (Å²) >= 11 is 6.25. The second-order valence-electron chi connectivity index (χ2n) is 6.43. The van der Waals surface area contributed by atoms with Crippen molar-refractivity contribution in [1.29, 1.82) is 0 Å². The number of hydrogen-bond donors (Lipinski definition) is 0. The van der Waals surface area contributed by atoms with E-state index in [-0.39, 0.29) is 11.5 Å². The first kappa shape index (κ1) is 17.5. The molecule has 0 radical (unpaired) electrons. The summed E-state index contributed by atoms with van der Waals surface area (Å²) in [6.07, 6.45) is 5.28. The van der Waals surface area contributed by atoms with Crippen molar-refractivity contribution in [2.24, 2.45) is 5.92 Å². The van der Waals surface area contributed by atoms with Crippen LogP contribution in [0.5, 0.6) is 0 Å². The maximum atomic E-state index is 13.1. The van der Waals surface area contributed by atoms with Crippen molar-refractivity contribution in [3.05, 3.63) is 69.6 Å². The lowest BCUT2D eigenvalue weighted by Gasteiger charge is -2.31. The van der Waals surface area contributed by atoms with Crippen molar-refractivity contribution in [2.45, 2.75) is 19.8 Å². The van der Waals surface area contributed by atoms with Crippen LogP contribution in [0, 0.1) is 5.92 Å². The van der Waals surface area contributed by atoms with Gasteiger partial charge in [0.1, 0.15) is 5.70 Å². The highest BCUT2D eigenvalue weighted by molar-refractivity contribution is 6.32. The molecule has 0 spiro atoms. The molecule has 5 heteroatoms. The average Bonchev–Trinajstić information content (AvgIpc) is 2.62. The molecule has 1 aromatic carbocycles. The molecule has 2 aromatic rings. The molecule has 1 aliphatic rings. The molecule has 2 heterocycles. The van der Waals surface area contributed by atoms with E-state index >= 15 is 0 Å². The van der Waals surface area contributed by atoms with Crippen molar-refractivity contribution < 1.29 is 4.79 Å². The molecular weight excluding hydrogens is 336 g/mol. The first-order valence-corrected chi connectivity index (χ1v) is 8.87. The van der Waals surface area contributed by atoms with Crippen LogP contribution < -0.4 is 5.56 Å². The molecule has 0 saturated carbocycles. The van der Waals surface area contributed by atoms with Crippen molar-refractivity contribution in [1.82, 2.24) is 9.47 Å². The number of hydrogen-bond acceptors (Lipinski definition) is 2. The highest BCUT2D eigenvalue weighted by atomic mass is 35.5. The Bertz CT molecular complexity index is 849. The molecule has 3 rings (SSSR count). The lowest BCUT2D eigenvalue weighted by molar-refractivity contribution is -0.126. The highest BCUT2D eigenvalue weighted by Crippen LogP contribution is 2.23. The number of rotatable bonds is 3. The quantitative estimate of drug-likeness (QED) is 0.786. The molecule has 1 fully saturated rings. The van der Waals surface area contributed by atoms with Crippen LogP contribution in [-0.2, 0) is 4.79 Å². The van der Waals surface area contributed by atoms with Gasteiger partial charge < -0.3 is 4.90 Å². The van der Waals surface area contributed by atoms with E-state index < -0.39 is 0 Å². The third-order valence-electron chi connectivity index (χ3n) is 4.57. The smallest absolute Gasteiger partial charge is 0.270 e. The van der Waals surface area contributed by atoms with Crippen molar-refractivity contribution in [2.75, 3.05) is 13.1 Å². The topological polar surface area (TPSA) is 42.3 Å². The third-order valence-corrected chi connectivity index (χ3v) is 4.91. The monoisotopic (exact) mass is 356 g/mol. The Morgan fingerprint density at radius 1 is 1.12 bits per heavy atom. The third kappa shape index (κ3) is 4.02. The fraction of sp³-hybridized carbons (Fsp3) is 0.300. The first-order chi connectivity index (χ1) is 12.1. The van der Waals surface area contributed by atoms with Crippen LogP contribution in [0.4, 0.5) is 0 Å². The minimum absolute atomic E-state index is 0.139. The summed E-state index contributed by atoms with van der Waals surface area (Å²) in [5.74, 6) is 0.486. The van der Waals surface area contributed by atoms with Crippen LogP contribution in [0.3, 0.4) is 0 Å². The van der Waals surface area contributed by atoms with Gasteiger partial charge in [-0.3, -0.25) is 14.2 Å². The number of nitrogens with zero attached hydrogens (tertiary/aromatic N) is 2. The van der Waals surface area contributed by atoms with E-state index in [0.717, 1.165) is 12.8 Å². The minimum atomic E-state index is -0.237. The summed E-state index contributed by atoms with van der Waals surface area (Å²) < 4.78 is 1.39. The Morgan fingerprint density at radius 2 is 1.80 bits per heavy atom. The standard InChI is InChI=1S/C20H21ClN2O2/c1-15-9-12-22(13-10-15)20(25)18(23-11-5-4-8-19(23)24)14-16-6-2-3-7-17(16)21/h2-8,11,14-15H,9-10,12-13H2,1H3. The predicted molar refractivity (Wildman–Crippen MR) is 101 cm³/mol. The van der Waals surface area contributed by atoms with Gasteiger partial charge in [0.15, 0.2) is 0 Å². The Kier molecular flexibility index (Phi) is 5.39. The number of amides is 1. The van der Waals surface area contributed by atoms with Crippen LogP contribution in [0.15, 0.2) is 53.5 Å². The van der Waals surface area contributed by atoms with Crippen LogP contribution in [0.25, 0.3) is 11.8 Å². The van der Waals surface area contributed by atoms with E-state index in [1.807, 2.05) is 23.1 Å². The van der Waals surface area contributed by atoms with Crippen molar-refractivity contribution in [3.8, 4) is 0 Å². The molecule has 4 nitrogen and oxygen atoms in total. The van der Waals surface area contributed by atoms with E-state index in [9.17, 15) is 9.59 Å². The Hall–Kier alpha value is -2.33. The fourth-order valence-corrected chi connectivity index (χ4v) is 3.16. The maximum absolute atomic E-state index is 13.1. The lowest BCUT2D eigenvalue weighted by Crippen LogP contribution is -2.40. The lowest BCUT2D eigenvalue weighted by atomic mass is 9.99. The maximum Gasteiger partial charge on any atom is 0.270 e. The fourth-order valence-electron chi connectivity index (χ4n) is 2.97. The van der Waals surface area contributed by atoms with Crippen molar-refractivity contribution in [3.63, 3.8) is 0 Å². The Morgan fingerprint density at radius 3 is 2.48 bits per heavy atom. The second kappa shape index (κ2) is 7.70. The van der Waals surface area contributed by atoms with E-state index in [1.54, 1.807) is 30.5 Å². The second-order valence-corrected chi connectivity index (χ2v) is 6.84. The summed E-state index contributed by atoms with van der Waals surface area (Å²) in [4.78, 5) is 27.2. The van der Waals surface area contributed by atoms with Gasteiger partial charge in [0.25, 0.3) is 11.5 Å². The number of aromatic nitrogens is 1. The van der Waals surface area contributed by atoms with Crippen molar-refractivity contribution >= 4 is 29.3 Å². The molecular formula is C20H21ClN2O2. The van der Waals surface area contributed by atoms with Gasteiger partial charge in [0.2, 0.25) is 0 Å². The number of pyridine rings is 1. The molecule has 0 aliphatic carbocycles. The van der Waals surface area contributed by atoms with Crippen LogP contribution in [0.1, 0.15) is 25.3 Å². The summed E-state index contributed by atoms with van der Waals surface area (Å²) in [6.45, 7) is 3.62. The number of carbonyl (C=O) groups is 1. The molecule has 0 atom stereocenters. The SMILES string of the molecule is CC1CCN(C(=O)C(=Cc2ccccc2Cl)n2ccccc2=O)CC1. The highest BCUT2D eigenvalue weighted by Gasteiger charge is 2.24. The van der Waals surface area contributed by atoms with Gasteiger partial charge >= 0.3 is 0 Å². The minimum Gasteiger partial charge on any atom is -0.337 e. The molecule has 1 saturated heterocycles. The zero-order chi connectivity index (χ0) is 17.8. The summed E-state index contributed by atoms with van der Waals surface area (Å²) in [5, 5.41) is 0.545. The zero-order valence-electron chi connectivity index (χ0n) is 14.2. The molecule has 130 valence electrons. The molecule has 1 amide bonds. The van der Waals surface area contributed by atoms with Gasteiger partial charge in [-0.1, -0.05) is 42.8 Å². The van der Waals surface area contributed by atoms with Gasteiger partial charge in [-0.25, -0.2) is 0 Å². The molecule has 1 aliphatic heterocycles. The normalized spacial score (nSPS) is 16.1. The number of piperidine rings is 1. The number of likely N-dealkylation sites (tertiary alicyclic amines) is 1. The van der Waals surface area contributed by atoms with Gasteiger partial charge in [-0.2, -0.15) is 0 Å². The molecule has 25 heavy (non-hydrogen) atoms. The Labute approximate surface area is 152 Å². The van der Waals surface area contributed by atoms with E-state index in [0.29, 0.717) is 35.3 Å². The summed E-state index contributed by atoms with van der Waals surface area (Å²) in [7, 11) is 0. The molecule has 0 bridgehead atoms. The van der Waals surface area contributed by atoms with E-state index in [4.69, 9.17) is 11.6 Å². The van der Waals surface area contributed by atoms with E-state index in [1.165, 1.54) is 10.6 Å². The van der Waals surface area contributed by atoms with Crippen LogP contribution >= 0.6 is 11.6 Å². The average molecular weight is 357 g/mol. The molecule has 1 aromatic heterocycles. The summed E-state index contributed by atoms with van der Waals surface area (Å²) in [5.41, 5.74) is 0.807. The van der Waals surface area contributed by atoms with Gasteiger partial charge in [-0.15, -0.1) is 0 Å². The van der Waals surface area contributed by atoms with E-state index in [2.05, 4.69) is 6.92 Å². The number of carbonyl (C=O) groups excluding carboxylic acids is 1. The summed E-state index contributed by atoms with van der Waals surface area (Å²) in [6, 6.07) is 12.2. The van der Waals surface area contributed by atoms with Gasteiger partial charge in [0.05, 0.1) is 0 Å². The van der Waals surface area contributed by atoms with Gasteiger partial charge in [0, 0.05) is 30.4 Å². The van der Waals surface area contributed by atoms with Crippen LogP contribution in [-0.4, -0.2) is 28.5 Å². The number of benzene rings is 1. The Balaban J connectivity index is 2.04. The molecule has 0 N–H and O–H groups in total. The van der Waals surface area contributed by atoms with Gasteiger partial charge in [-0.05, 0) is 42.5 Å². The predicted octanol–water partition coefficient (Wildman–Crippen LogP) is 3.76. The number of halogens is 1. The zero-order valence-corrected chi connectivity index (χ0v) is 14.9. The molecule has 0 unspecified atom stereocenters. The van der Waals surface area contributed by atoms with Crippen LogP contribution in [0.2, 0.25) is 5.02 Å². The first-order valence-electron chi connectivity index (χ1n) is 8.50.